The first-order valence-electron chi connectivity index (χ1n) is 9.86. The minimum atomic E-state index is -0.462. The van der Waals surface area contributed by atoms with Gasteiger partial charge in [0.1, 0.15) is 11.5 Å². The molecular weight excluding hydrogens is 408 g/mol. The highest BCUT2D eigenvalue weighted by atomic mass is 16.6. The van der Waals surface area contributed by atoms with Gasteiger partial charge in [-0.3, -0.25) is 14.9 Å². The third kappa shape index (κ3) is 4.20. The maximum Gasteiger partial charge on any atom is 0.280 e. The molecule has 0 aliphatic heterocycles. The number of rotatable bonds is 6. The molecule has 0 saturated carbocycles. The van der Waals surface area contributed by atoms with Crippen LogP contribution >= 0.6 is 0 Å². The summed E-state index contributed by atoms with van der Waals surface area (Å²) in [5.41, 5.74) is 6.45. The van der Waals surface area contributed by atoms with Crippen molar-refractivity contribution in [2.45, 2.75) is 13.8 Å². The number of benzene rings is 2. The normalized spacial score (nSPS) is 11.1. The van der Waals surface area contributed by atoms with Crippen molar-refractivity contribution < 1.29 is 14.1 Å². The summed E-state index contributed by atoms with van der Waals surface area (Å²) >= 11 is 0. The van der Waals surface area contributed by atoms with E-state index in [9.17, 15) is 14.9 Å². The van der Waals surface area contributed by atoms with Crippen LogP contribution in [0.5, 0.6) is 0 Å². The van der Waals surface area contributed by atoms with Gasteiger partial charge in [-0.05, 0) is 68.4 Å². The van der Waals surface area contributed by atoms with E-state index < -0.39 is 4.92 Å². The Labute approximate surface area is 184 Å². The molecule has 0 saturated heterocycles. The Hall–Kier alpha value is -4.46. The first-order chi connectivity index (χ1) is 15.4. The number of aryl methyl sites for hydroxylation is 2. The lowest BCUT2D eigenvalue weighted by molar-refractivity contribution is -0.384. The lowest BCUT2D eigenvalue weighted by Crippen LogP contribution is -2.17. The van der Waals surface area contributed by atoms with Crippen LogP contribution in [0.1, 0.15) is 27.5 Å². The number of amides is 1. The summed E-state index contributed by atoms with van der Waals surface area (Å²) in [6, 6.07) is 20.9. The van der Waals surface area contributed by atoms with Crippen LogP contribution in [0.2, 0.25) is 0 Å². The molecule has 1 amide bonds. The van der Waals surface area contributed by atoms with E-state index >= 15 is 0 Å². The van der Waals surface area contributed by atoms with Gasteiger partial charge in [0.2, 0.25) is 0 Å². The zero-order valence-electron chi connectivity index (χ0n) is 17.5. The molecule has 4 rings (SSSR count). The van der Waals surface area contributed by atoms with Crippen molar-refractivity contribution in [3.8, 4) is 17.0 Å². The van der Waals surface area contributed by atoms with E-state index in [1.54, 1.807) is 42.5 Å². The van der Waals surface area contributed by atoms with Crippen LogP contribution in [-0.2, 0) is 0 Å². The van der Waals surface area contributed by atoms with Crippen molar-refractivity contribution in [2.24, 2.45) is 5.10 Å². The lowest BCUT2D eigenvalue weighted by Gasteiger charge is -2.09. The SMILES string of the molecule is Cc1ccc(C)n1-c1ccc(C(=O)NN=Cc2ccc(-c3ccccc3[N+](=O)[O-])o2)cc1. The largest absolute Gasteiger partial charge is 0.455 e. The van der Waals surface area contributed by atoms with Crippen molar-refractivity contribution in [1.29, 1.82) is 0 Å². The smallest absolute Gasteiger partial charge is 0.280 e. The molecule has 0 atom stereocenters. The molecular formula is C24H20N4O4. The number of carbonyl (C=O) groups excluding carboxylic acids is 1. The molecule has 4 aromatic rings. The van der Waals surface area contributed by atoms with E-state index in [0.717, 1.165) is 17.1 Å². The molecule has 1 N–H and O–H groups in total. The average molecular weight is 428 g/mol. The molecule has 8 heteroatoms. The molecule has 160 valence electrons. The number of hydrogen-bond acceptors (Lipinski definition) is 5. The Kier molecular flexibility index (Phi) is 5.67. The minimum absolute atomic E-state index is 0.0487. The maximum absolute atomic E-state index is 12.4. The molecule has 2 aromatic carbocycles. The summed E-state index contributed by atoms with van der Waals surface area (Å²) in [7, 11) is 0. The van der Waals surface area contributed by atoms with E-state index in [2.05, 4.69) is 15.1 Å². The number of nitro benzene ring substituents is 1. The molecule has 8 nitrogen and oxygen atoms in total. The van der Waals surface area contributed by atoms with Gasteiger partial charge < -0.3 is 8.98 Å². The Balaban J connectivity index is 1.43. The molecule has 32 heavy (non-hydrogen) atoms. The molecule has 0 fully saturated rings. The topological polar surface area (TPSA) is 103 Å². The fourth-order valence-corrected chi connectivity index (χ4v) is 3.46. The summed E-state index contributed by atoms with van der Waals surface area (Å²) < 4.78 is 7.72. The molecule has 0 spiro atoms. The van der Waals surface area contributed by atoms with Gasteiger partial charge in [-0.25, -0.2) is 5.43 Å². The van der Waals surface area contributed by atoms with Gasteiger partial charge in [0.05, 0.1) is 16.7 Å². The first kappa shape index (κ1) is 20.8. The van der Waals surface area contributed by atoms with Crippen molar-refractivity contribution in [3.05, 3.63) is 106 Å². The number of nitrogens with one attached hydrogen (secondary N) is 1. The van der Waals surface area contributed by atoms with E-state index in [1.807, 2.05) is 38.1 Å². The van der Waals surface area contributed by atoms with Crippen molar-refractivity contribution in [1.82, 2.24) is 9.99 Å². The third-order valence-corrected chi connectivity index (χ3v) is 5.01. The van der Waals surface area contributed by atoms with Crippen molar-refractivity contribution in [3.63, 3.8) is 0 Å². The quantitative estimate of drug-likeness (QED) is 0.264. The summed E-state index contributed by atoms with van der Waals surface area (Å²) in [5.74, 6) is 0.336. The first-order valence-corrected chi connectivity index (χ1v) is 9.86. The second kappa shape index (κ2) is 8.73. The van der Waals surface area contributed by atoms with Crippen molar-refractivity contribution in [2.75, 3.05) is 0 Å². The number of hydrazone groups is 1. The van der Waals surface area contributed by atoms with Gasteiger partial charge in [-0.1, -0.05) is 12.1 Å². The highest BCUT2D eigenvalue weighted by Crippen LogP contribution is 2.30. The van der Waals surface area contributed by atoms with Crippen LogP contribution in [0.15, 0.2) is 82.3 Å². The van der Waals surface area contributed by atoms with Crippen LogP contribution in [0, 0.1) is 24.0 Å². The van der Waals surface area contributed by atoms with Gasteiger partial charge in [-0.2, -0.15) is 5.10 Å². The highest BCUT2D eigenvalue weighted by Gasteiger charge is 2.16. The van der Waals surface area contributed by atoms with E-state index in [0.29, 0.717) is 22.6 Å². The molecule has 0 aliphatic carbocycles. The zero-order chi connectivity index (χ0) is 22.7. The van der Waals surface area contributed by atoms with Crippen LogP contribution in [0.4, 0.5) is 5.69 Å². The Morgan fingerprint density at radius 2 is 1.69 bits per heavy atom. The Morgan fingerprint density at radius 3 is 2.38 bits per heavy atom. The van der Waals surface area contributed by atoms with Gasteiger partial charge in [0.15, 0.2) is 0 Å². The van der Waals surface area contributed by atoms with Gasteiger partial charge >= 0.3 is 0 Å². The molecule has 0 bridgehead atoms. The molecule has 2 heterocycles. The summed E-state index contributed by atoms with van der Waals surface area (Å²) in [5, 5.41) is 15.1. The number of nitro groups is 1. The summed E-state index contributed by atoms with van der Waals surface area (Å²) in [6.45, 7) is 4.05. The predicted molar refractivity (Wildman–Crippen MR) is 121 cm³/mol. The number of nitrogens with zero attached hydrogens (tertiary/aromatic N) is 3. The molecule has 0 unspecified atom stereocenters. The number of para-hydroxylation sites is 1. The predicted octanol–water partition coefficient (Wildman–Crippen LogP) is 5.03. The highest BCUT2D eigenvalue weighted by molar-refractivity contribution is 5.95. The van der Waals surface area contributed by atoms with E-state index in [-0.39, 0.29) is 11.6 Å². The minimum Gasteiger partial charge on any atom is -0.455 e. The van der Waals surface area contributed by atoms with Crippen molar-refractivity contribution >= 4 is 17.8 Å². The lowest BCUT2D eigenvalue weighted by atomic mass is 10.1. The number of aromatic nitrogens is 1. The monoisotopic (exact) mass is 428 g/mol. The zero-order valence-corrected chi connectivity index (χ0v) is 17.5. The van der Waals surface area contributed by atoms with Gasteiger partial charge in [0, 0.05) is 28.7 Å². The summed E-state index contributed by atoms with van der Waals surface area (Å²) in [6.07, 6.45) is 1.34. The van der Waals surface area contributed by atoms with Crippen LogP contribution in [0.3, 0.4) is 0 Å². The second-order valence-corrected chi connectivity index (χ2v) is 7.17. The number of furan rings is 1. The van der Waals surface area contributed by atoms with Gasteiger partial charge in [0.25, 0.3) is 11.6 Å². The standard InChI is InChI=1S/C24H20N4O4/c1-16-7-8-17(2)27(16)19-11-9-18(10-12-19)24(29)26-25-15-20-13-14-23(32-20)21-5-3-4-6-22(21)28(30)31/h3-15H,1-2H3,(H,26,29). The van der Waals surface area contributed by atoms with Crippen LogP contribution in [-0.4, -0.2) is 21.6 Å². The molecule has 2 aromatic heterocycles. The van der Waals surface area contributed by atoms with E-state index in [1.165, 1.54) is 12.3 Å². The average Bonchev–Trinajstić information content (AvgIpc) is 3.40. The van der Waals surface area contributed by atoms with Crippen LogP contribution in [0.25, 0.3) is 17.0 Å². The third-order valence-electron chi connectivity index (χ3n) is 5.01. The summed E-state index contributed by atoms with van der Waals surface area (Å²) in [4.78, 5) is 23.1. The van der Waals surface area contributed by atoms with Gasteiger partial charge in [-0.15, -0.1) is 0 Å². The number of carbonyl (C=O) groups is 1. The number of hydrogen-bond donors (Lipinski definition) is 1. The van der Waals surface area contributed by atoms with E-state index in [4.69, 9.17) is 4.42 Å². The fraction of sp³-hybridized carbons (Fsp3) is 0.0833. The molecule has 0 aliphatic rings. The Bertz CT molecular complexity index is 1300. The second-order valence-electron chi connectivity index (χ2n) is 7.17. The molecule has 0 radical (unpaired) electrons. The Morgan fingerprint density at radius 1 is 1.00 bits per heavy atom. The van der Waals surface area contributed by atoms with Crippen LogP contribution < -0.4 is 5.43 Å². The maximum atomic E-state index is 12.4. The fourth-order valence-electron chi connectivity index (χ4n) is 3.46.